The number of amides is 1. The lowest BCUT2D eigenvalue weighted by Gasteiger charge is -2.20. The Morgan fingerprint density at radius 1 is 1.12 bits per heavy atom. The minimum Gasteiger partial charge on any atom is -0.341 e. The summed E-state index contributed by atoms with van der Waals surface area (Å²) in [5.74, 6) is 0.782. The molecule has 0 aliphatic heterocycles. The number of nitrogens with zero attached hydrogens (tertiary/aromatic N) is 3. The van der Waals surface area contributed by atoms with E-state index in [-0.39, 0.29) is 11.9 Å². The molecular weight excluding hydrogens is 300 g/mol. The van der Waals surface area contributed by atoms with E-state index in [0.29, 0.717) is 6.54 Å². The molecule has 1 amide bonds. The van der Waals surface area contributed by atoms with Crippen LogP contribution in [0, 0.1) is 13.8 Å². The molecule has 0 radical (unpaired) electrons. The number of nitrogens with one attached hydrogen (secondary N) is 1. The largest absolute Gasteiger partial charge is 0.341 e. The fraction of sp³-hybridized carbons (Fsp3) is 0.263. The summed E-state index contributed by atoms with van der Waals surface area (Å²) in [6.07, 6.45) is 3.63. The highest BCUT2D eigenvalue weighted by Gasteiger charge is 2.21. The third kappa shape index (κ3) is 3.25. The Hall–Kier alpha value is -2.82. The number of benzene rings is 1. The van der Waals surface area contributed by atoms with Crippen molar-refractivity contribution in [3.63, 3.8) is 0 Å². The van der Waals surface area contributed by atoms with Crippen LogP contribution in [0.25, 0.3) is 0 Å². The third-order valence-electron chi connectivity index (χ3n) is 4.27. The summed E-state index contributed by atoms with van der Waals surface area (Å²) in [5.41, 5.74) is 3.17. The first kappa shape index (κ1) is 16.1. The molecule has 3 rings (SSSR count). The Bertz CT molecular complexity index is 813. The molecule has 5 nitrogen and oxygen atoms in total. The zero-order valence-electron chi connectivity index (χ0n) is 14.2. The number of hydrogen-bond donors (Lipinski definition) is 1. The predicted molar refractivity (Wildman–Crippen MR) is 93.5 cm³/mol. The van der Waals surface area contributed by atoms with Gasteiger partial charge in [0.2, 0.25) is 5.91 Å². The van der Waals surface area contributed by atoms with Crippen molar-refractivity contribution in [2.45, 2.75) is 26.4 Å². The lowest BCUT2D eigenvalue weighted by Crippen LogP contribution is -2.34. The molecule has 5 heteroatoms. The van der Waals surface area contributed by atoms with Gasteiger partial charge in [0.25, 0.3) is 0 Å². The van der Waals surface area contributed by atoms with Crippen LogP contribution in [0.5, 0.6) is 0 Å². The van der Waals surface area contributed by atoms with E-state index in [1.807, 2.05) is 78.7 Å². The average molecular weight is 322 g/mol. The first-order chi connectivity index (χ1) is 11.6. The number of carbonyl (C=O) groups is 1. The van der Waals surface area contributed by atoms with Crippen molar-refractivity contribution in [2.75, 3.05) is 0 Å². The van der Waals surface area contributed by atoms with Gasteiger partial charge in [0.15, 0.2) is 0 Å². The van der Waals surface area contributed by atoms with Gasteiger partial charge in [-0.15, -0.1) is 0 Å². The SMILES string of the molecule is Cc1ccc(C)n1CC(=O)NC(c1ccccc1)c1nccn1C. The third-order valence-corrected chi connectivity index (χ3v) is 4.27. The molecule has 2 aromatic heterocycles. The van der Waals surface area contributed by atoms with E-state index in [4.69, 9.17) is 0 Å². The molecule has 0 bridgehead atoms. The highest BCUT2D eigenvalue weighted by atomic mass is 16.2. The van der Waals surface area contributed by atoms with Gasteiger partial charge in [-0.3, -0.25) is 4.79 Å². The Kier molecular flexibility index (Phi) is 4.51. The van der Waals surface area contributed by atoms with E-state index >= 15 is 0 Å². The van der Waals surface area contributed by atoms with Crippen molar-refractivity contribution in [3.8, 4) is 0 Å². The van der Waals surface area contributed by atoms with Crippen molar-refractivity contribution in [1.29, 1.82) is 0 Å². The Morgan fingerprint density at radius 2 is 1.79 bits per heavy atom. The lowest BCUT2D eigenvalue weighted by molar-refractivity contribution is -0.122. The van der Waals surface area contributed by atoms with Gasteiger partial charge in [-0.05, 0) is 31.5 Å². The normalized spacial score (nSPS) is 12.1. The maximum absolute atomic E-state index is 12.6. The van der Waals surface area contributed by atoms with Crippen LogP contribution >= 0.6 is 0 Å². The molecule has 3 aromatic rings. The van der Waals surface area contributed by atoms with Gasteiger partial charge in [0.05, 0.1) is 0 Å². The predicted octanol–water partition coefficient (Wildman–Crippen LogP) is 2.74. The molecule has 0 fully saturated rings. The minimum absolute atomic E-state index is 0.0331. The maximum atomic E-state index is 12.6. The molecule has 1 N–H and O–H groups in total. The Labute approximate surface area is 142 Å². The zero-order valence-corrected chi connectivity index (χ0v) is 14.2. The van der Waals surface area contributed by atoms with Gasteiger partial charge in [-0.2, -0.15) is 0 Å². The van der Waals surface area contributed by atoms with E-state index in [1.165, 1.54) is 0 Å². The van der Waals surface area contributed by atoms with E-state index in [1.54, 1.807) is 6.20 Å². The quantitative estimate of drug-likeness (QED) is 0.785. The highest BCUT2D eigenvalue weighted by molar-refractivity contribution is 5.77. The van der Waals surface area contributed by atoms with E-state index < -0.39 is 0 Å². The smallest absolute Gasteiger partial charge is 0.240 e. The number of aryl methyl sites for hydroxylation is 3. The molecular formula is C19H22N4O. The highest BCUT2D eigenvalue weighted by Crippen LogP contribution is 2.20. The summed E-state index contributed by atoms with van der Waals surface area (Å²) in [6, 6.07) is 13.7. The molecule has 0 saturated heterocycles. The lowest BCUT2D eigenvalue weighted by atomic mass is 10.1. The van der Waals surface area contributed by atoms with Gasteiger partial charge in [0.1, 0.15) is 18.4 Å². The monoisotopic (exact) mass is 322 g/mol. The van der Waals surface area contributed by atoms with Gasteiger partial charge in [0, 0.05) is 30.8 Å². The maximum Gasteiger partial charge on any atom is 0.240 e. The van der Waals surface area contributed by atoms with Crippen molar-refractivity contribution in [1.82, 2.24) is 19.4 Å². The summed E-state index contributed by atoms with van der Waals surface area (Å²) < 4.78 is 3.94. The van der Waals surface area contributed by atoms with Crippen LogP contribution in [0.15, 0.2) is 54.9 Å². The van der Waals surface area contributed by atoms with Crippen molar-refractivity contribution < 1.29 is 4.79 Å². The molecule has 0 aliphatic rings. The van der Waals surface area contributed by atoms with Gasteiger partial charge >= 0.3 is 0 Å². The van der Waals surface area contributed by atoms with Gasteiger partial charge < -0.3 is 14.5 Å². The molecule has 1 aromatic carbocycles. The van der Waals surface area contributed by atoms with Crippen molar-refractivity contribution in [3.05, 3.63) is 77.6 Å². The number of imidazole rings is 1. The fourth-order valence-electron chi connectivity index (χ4n) is 2.90. The van der Waals surface area contributed by atoms with Crippen molar-refractivity contribution in [2.24, 2.45) is 7.05 Å². The van der Waals surface area contributed by atoms with Crippen LogP contribution in [0.1, 0.15) is 28.8 Å². The van der Waals surface area contributed by atoms with Gasteiger partial charge in [-0.1, -0.05) is 30.3 Å². The zero-order chi connectivity index (χ0) is 17.1. The standard InChI is InChI=1S/C19H22N4O/c1-14-9-10-15(2)23(14)13-17(24)21-18(16-7-5-4-6-8-16)19-20-11-12-22(19)3/h4-12,18H,13H2,1-3H3,(H,21,24). The summed E-state index contributed by atoms with van der Waals surface area (Å²) in [4.78, 5) is 17.1. The van der Waals surface area contributed by atoms with Gasteiger partial charge in [-0.25, -0.2) is 4.98 Å². The number of aromatic nitrogens is 3. The number of hydrogen-bond acceptors (Lipinski definition) is 2. The van der Waals surface area contributed by atoms with E-state index in [2.05, 4.69) is 10.3 Å². The summed E-state index contributed by atoms with van der Waals surface area (Å²) in [5, 5.41) is 3.13. The molecule has 0 aliphatic carbocycles. The van der Waals surface area contributed by atoms with E-state index in [9.17, 15) is 4.79 Å². The molecule has 1 unspecified atom stereocenters. The molecule has 0 spiro atoms. The molecule has 124 valence electrons. The van der Waals surface area contributed by atoms with Crippen LogP contribution in [0.3, 0.4) is 0 Å². The first-order valence-corrected chi connectivity index (χ1v) is 8.00. The number of carbonyl (C=O) groups excluding carboxylic acids is 1. The van der Waals surface area contributed by atoms with Crippen LogP contribution in [-0.2, 0) is 18.4 Å². The van der Waals surface area contributed by atoms with E-state index in [0.717, 1.165) is 22.8 Å². The molecule has 1 atom stereocenters. The van der Waals surface area contributed by atoms with Crippen molar-refractivity contribution >= 4 is 5.91 Å². The summed E-state index contributed by atoms with van der Waals surface area (Å²) in [7, 11) is 1.94. The van der Waals surface area contributed by atoms with Crippen LogP contribution in [0.2, 0.25) is 0 Å². The summed E-state index contributed by atoms with van der Waals surface area (Å²) in [6.45, 7) is 4.32. The molecule has 24 heavy (non-hydrogen) atoms. The fourth-order valence-corrected chi connectivity index (χ4v) is 2.90. The van der Waals surface area contributed by atoms with Crippen LogP contribution in [-0.4, -0.2) is 20.0 Å². The Morgan fingerprint density at radius 3 is 2.38 bits per heavy atom. The van der Waals surface area contributed by atoms with Crippen LogP contribution < -0.4 is 5.32 Å². The second kappa shape index (κ2) is 6.74. The summed E-state index contributed by atoms with van der Waals surface area (Å²) >= 11 is 0. The second-order valence-electron chi connectivity index (χ2n) is 6.01. The first-order valence-electron chi connectivity index (χ1n) is 8.00. The average Bonchev–Trinajstić information content (AvgIpc) is 3.14. The second-order valence-corrected chi connectivity index (χ2v) is 6.01. The molecule has 2 heterocycles. The topological polar surface area (TPSA) is 51.9 Å². The molecule has 0 saturated carbocycles. The van der Waals surface area contributed by atoms with Crippen LogP contribution in [0.4, 0.5) is 0 Å². The Balaban J connectivity index is 1.85. The minimum atomic E-state index is -0.269. The number of rotatable bonds is 5.